The molecule has 3 atom stereocenters. The first-order valence-electron chi connectivity index (χ1n) is 8.61. The lowest BCUT2D eigenvalue weighted by molar-refractivity contribution is 0.109. The van der Waals surface area contributed by atoms with Gasteiger partial charge in [-0.2, -0.15) is 0 Å². The number of fused-ring (bicyclic) bond motifs is 3. The first-order chi connectivity index (χ1) is 11.7. The maximum absolute atomic E-state index is 10.0. The summed E-state index contributed by atoms with van der Waals surface area (Å²) in [5, 5.41) is 10.0. The van der Waals surface area contributed by atoms with Gasteiger partial charge in [0.05, 0.1) is 7.11 Å². The van der Waals surface area contributed by atoms with Crippen LogP contribution in [-0.2, 0) is 6.42 Å². The Morgan fingerprint density at radius 2 is 2.00 bits per heavy atom. The van der Waals surface area contributed by atoms with Gasteiger partial charge in [-0.25, -0.2) is 0 Å². The van der Waals surface area contributed by atoms with Crippen LogP contribution in [0.25, 0.3) is 0 Å². The van der Waals surface area contributed by atoms with Crippen molar-refractivity contribution in [2.24, 2.45) is 5.73 Å². The molecular formula is C20H24N2O2. The Labute approximate surface area is 142 Å². The van der Waals surface area contributed by atoms with Crippen LogP contribution in [0.5, 0.6) is 11.5 Å². The Morgan fingerprint density at radius 1 is 1.21 bits per heavy atom. The molecule has 0 spiro atoms. The van der Waals surface area contributed by atoms with E-state index in [4.69, 9.17) is 10.5 Å². The van der Waals surface area contributed by atoms with Gasteiger partial charge in [-0.3, -0.25) is 4.90 Å². The maximum Gasteiger partial charge on any atom is 0.160 e. The highest BCUT2D eigenvalue weighted by Crippen LogP contribution is 2.43. The number of piperidine rings is 1. The molecule has 0 unspecified atom stereocenters. The molecule has 4 rings (SSSR count). The maximum atomic E-state index is 10.0. The molecule has 0 amide bonds. The molecule has 0 aromatic heterocycles. The minimum Gasteiger partial charge on any atom is -0.504 e. The third-order valence-electron chi connectivity index (χ3n) is 5.58. The second-order valence-corrected chi connectivity index (χ2v) is 6.90. The van der Waals surface area contributed by atoms with E-state index in [-0.39, 0.29) is 11.8 Å². The lowest BCUT2D eigenvalue weighted by atomic mass is 9.78. The quantitative estimate of drug-likeness (QED) is 0.892. The number of ether oxygens (including phenoxy) is 1. The van der Waals surface area contributed by atoms with Gasteiger partial charge in [0.2, 0.25) is 0 Å². The highest BCUT2D eigenvalue weighted by atomic mass is 16.5. The first kappa shape index (κ1) is 15.5. The second kappa shape index (κ2) is 6.11. The van der Waals surface area contributed by atoms with Gasteiger partial charge in [0, 0.05) is 31.1 Å². The summed E-state index contributed by atoms with van der Waals surface area (Å²) in [5.74, 6) is 1.16. The van der Waals surface area contributed by atoms with Gasteiger partial charge in [0.15, 0.2) is 11.5 Å². The number of benzene rings is 2. The van der Waals surface area contributed by atoms with Crippen molar-refractivity contribution in [2.75, 3.05) is 20.2 Å². The summed E-state index contributed by atoms with van der Waals surface area (Å²) in [6.07, 6.45) is 1.89. The topological polar surface area (TPSA) is 58.7 Å². The number of nitrogens with two attached hydrogens (primary N) is 1. The molecule has 0 aliphatic carbocycles. The van der Waals surface area contributed by atoms with Crippen molar-refractivity contribution < 1.29 is 9.84 Å². The van der Waals surface area contributed by atoms with E-state index in [0.717, 1.165) is 25.9 Å². The fourth-order valence-electron chi connectivity index (χ4n) is 4.29. The minimum absolute atomic E-state index is 0.138. The number of rotatable bonds is 2. The monoisotopic (exact) mass is 324 g/mol. The molecule has 24 heavy (non-hydrogen) atoms. The summed E-state index contributed by atoms with van der Waals surface area (Å²) < 4.78 is 5.31. The SMILES string of the molecule is COc1cc2c(cc1O)CCN1C[C@@H](c3ccccc3)[C@H](N)C[C@H]21. The Kier molecular flexibility index (Phi) is 3.94. The van der Waals surface area contributed by atoms with Crippen LogP contribution in [0.3, 0.4) is 0 Å². The van der Waals surface area contributed by atoms with Crippen LogP contribution in [0.15, 0.2) is 42.5 Å². The molecule has 2 aromatic carbocycles. The van der Waals surface area contributed by atoms with E-state index in [1.54, 1.807) is 7.11 Å². The van der Waals surface area contributed by atoms with E-state index < -0.39 is 0 Å². The summed E-state index contributed by atoms with van der Waals surface area (Å²) in [6, 6.07) is 14.9. The fourth-order valence-corrected chi connectivity index (χ4v) is 4.29. The normalized spacial score (nSPS) is 26.5. The molecule has 2 aliphatic heterocycles. The van der Waals surface area contributed by atoms with Crippen molar-refractivity contribution >= 4 is 0 Å². The molecule has 126 valence electrons. The van der Waals surface area contributed by atoms with Crippen molar-refractivity contribution in [1.82, 2.24) is 4.90 Å². The zero-order chi connectivity index (χ0) is 16.7. The van der Waals surface area contributed by atoms with Gasteiger partial charge < -0.3 is 15.6 Å². The number of hydrogen-bond donors (Lipinski definition) is 2. The standard InChI is InChI=1S/C20H24N2O2/c1-24-20-10-15-14(9-19(20)23)7-8-22-12-16(17(21)11-18(15)22)13-5-3-2-4-6-13/h2-6,9-10,16-18,23H,7-8,11-12,21H2,1H3/t16-,17+,18+/m0/s1. The predicted molar refractivity (Wildman–Crippen MR) is 94.5 cm³/mol. The van der Waals surface area contributed by atoms with Gasteiger partial charge in [-0.15, -0.1) is 0 Å². The summed E-state index contributed by atoms with van der Waals surface area (Å²) >= 11 is 0. The summed E-state index contributed by atoms with van der Waals surface area (Å²) in [5.41, 5.74) is 10.4. The van der Waals surface area contributed by atoms with E-state index in [1.165, 1.54) is 16.7 Å². The van der Waals surface area contributed by atoms with Gasteiger partial charge in [0.1, 0.15) is 0 Å². The van der Waals surface area contributed by atoms with Gasteiger partial charge in [0.25, 0.3) is 0 Å². The molecule has 4 nitrogen and oxygen atoms in total. The Hall–Kier alpha value is -2.04. The average molecular weight is 324 g/mol. The molecule has 4 heteroatoms. The van der Waals surface area contributed by atoms with Crippen molar-refractivity contribution in [3.63, 3.8) is 0 Å². The molecule has 1 saturated heterocycles. The number of phenolic OH excluding ortho intramolecular Hbond substituents is 1. The molecular weight excluding hydrogens is 300 g/mol. The lowest BCUT2D eigenvalue weighted by Crippen LogP contribution is -2.49. The van der Waals surface area contributed by atoms with Crippen molar-refractivity contribution in [3.05, 3.63) is 59.2 Å². The third kappa shape index (κ3) is 2.56. The fraction of sp³-hybridized carbons (Fsp3) is 0.400. The molecule has 0 saturated carbocycles. The predicted octanol–water partition coefficient (Wildman–Crippen LogP) is 2.81. The van der Waals surface area contributed by atoms with Crippen LogP contribution < -0.4 is 10.5 Å². The van der Waals surface area contributed by atoms with Crippen LogP contribution >= 0.6 is 0 Å². The third-order valence-corrected chi connectivity index (χ3v) is 5.58. The second-order valence-electron chi connectivity index (χ2n) is 6.90. The van der Waals surface area contributed by atoms with Crippen LogP contribution in [0.4, 0.5) is 0 Å². The molecule has 2 aliphatic rings. The summed E-state index contributed by atoms with van der Waals surface area (Å²) in [6.45, 7) is 2.00. The summed E-state index contributed by atoms with van der Waals surface area (Å²) in [7, 11) is 1.60. The molecule has 0 radical (unpaired) electrons. The van der Waals surface area contributed by atoms with Crippen LogP contribution in [-0.4, -0.2) is 36.2 Å². The van der Waals surface area contributed by atoms with Crippen molar-refractivity contribution in [2.45, 2.75) is 30.8 Å². The largest absolute Gasteiger partial charge is 0.504 e. The molecule has 2 aromatic rings. The Balaban J connectivity index is 1.65. The van der Waals surface area contributed by atoms with Crippen LogP contribution in [0.1, 0.15) is 35.1 Å². The molecule has 2 heterocycles. The van der Waals surface area contributed by atoms with Gasteiger partial charge >= 0.3 is 0 Å². The summed E-state index contributed by atoms with van der Waals surface area (Å²) in [4.78, 5) is 2.54. The number of methoxy groups -OCH3 is 1. The highest BCUT2D eigenvalue weighted by Gasteiger charge is 2.38. The smallest absolute Gasteiger partial charge is 0.160 e. The van der Waals surface area contributed by atoms with Gasteiger partial charge in [-0.1, -0.05) is 30.3 Å². The number of hydrogen-bond acceptors (Lipinski definition) is 4. The van der Waals surface area contributed by atoms with E-state index in [0.29, 0.717) is 17.7 Å². The number of nitrogens with zero attached hydrogens (tertiary/aromatic N) is 1. The van der Waals surface area contributed by atoms with E-state index in [2.05, 4.69) is 35.2 Å². The van der Waals surface area contributed by atoms with Gasteiger partial charge in [-0.05, 0) is 41.7 Å². The number of phenols is 1. The lowest BCUT2D eigenvalue weighted by Gasteiger charge is -2.46. The number of aromatic hydroxyl groups is 1. The highest BCUT2D eigenvalue weighted by molar-refractivity contribution is 5.49. The van der Waals surface area contributed by atoms with E-state index >= 15 is 0 Å². The van der Waals surface area contributed by atoms with Crippen molar-refractivity contribution in [1.29, 1.82) is 0 Å². The Morgan fingerprint density at radius 3 is 2.75 bits per heavy atom. The molecule has 1 fully saturated rings. The first-order valence-corrected chi connectivity index (χ1v) is 8.61. The molecule has 3 N–H and O–H groups in total. The van der Waals surface area contributed by atoms with Crippen LogP contribution in [0.2, 0.25) is 0 Å². The zero-order valence-corrected chi connectivity index (χ0v) is 14.0. The average Bonchev–Trinajstić information content (AvgIpc) is 2.61. The zero-order valence-electron chi connectivity index (χ0n) is 14.0. The van der Waals surface area contributed by atoms with E-state index in [9.17, 15) is 5.11 Å². The van der Waals surface area contributed by atoms with E-state index in [1.807, 2.05) is 12.1 Å². The van der Waals surface area contributed by atoms with Crippen molar-refractivity contribution in [3.8, 4) is 11.5 Å². The minimum atomic E-state index is 0.138. The van der Waals surface area contributed by atoms with Crippen LogP contribution in [0, 0.1) is 0 Å². The Bertz CT molecular complexity index is 732. The molecule has 0 bridgehead atoms.